The van der Waals surface area contributed by atoms with Crippen LogP contribution in [0.4, 0.5) is 0 Å². The molecule has 3 aliphatic rings. The zero-order chi connectivity index (χ0) is 17.0. The van der Waals surface area contributed by atoms with E-state index in [4.69, 9.17) is 11.6 Å². The van der Waals surface area contributed by atoms with E-state index in [0.717, 1.165) is 45.4 Å². The molecule has 0 heterocycles. The molecule has 0 amide bonds. The largest absolute Gasteiger partial charge is 0.507 e. The first kappa shape index (κ1) is 15.8. The molecule has 1 N–H and O–H groups in total. The molecule has 2 aromatic rings. The second-order valence-corrected chi connectivity index (χ2v) is 8.81. The maximum atomic E-state index is 11.1. The van der Waals surface area contributed by atoms with Gasteiger partial charge in [0.1, 0.15) is 5.75 Å². The molecule has 2 bridgehead atoms. The first-order valence-electron chi connectivity index (χ1n) is 9.80. The van der Waals surface area contributed by atoms with E-state index in [1.165, 1.54) is 38.5 Å². The lowest BCUT2D eigenvalue weighted by Gasteiger charge is -2.39. The van der Waals surface area contributed by atoms with Gasteiger partial charge in [-0.25, -0.2) is 0 Å². The fourth-order valence-electron chi connectivity index (χ4n) is 6.34. The summed E-state index contributed by atoms with van der Waals surface area (Å²) in [6, 6.07) is 14.1. The summed E-state index contributed by atoms with van der Waals surface area (Å²) in [5, 5.41) is 11.8. The highest BCUT2D eigenvalue weighted by molar-refractivity contribution is 6.31. The molecule has 0 aromatic heterocycles. The number of hydrogen-bond donors (Lipinski definition) is 1. The molecule has 1 nitrogen and oxygen atoms in total. The van der Waals surface area contributed by atoms with E-state index >= 15 is 0 Å². The molecule has 0 aliphatic heterocycles. The van der Waals surface area contributed by atoms with Gasteiger partial charge in [0.2, 0.25) is 0 Å². The smallest absolute Gasteiger partial charge is 0.126 e. The average Bonchev–Trinajstić information content (AvgIpc) is 3.24. The van der Waals surface area contributed by atoms with E-state index in [1.54, 1.807) is 0 Å². The zero-order valence-corrected chi connectivity index (χ0v) is 15.3. The minimum Gasteiger partial charge on any atom is -0.507 e. The Labute approximate surface area is 155 Å². The Bertz CT molecular complexity index is 784. The molecule has 5 rings (SSSR count). The Morgan fingerprint density at radius 1 is 0.880 bits per heavy atom. The quantitative estimate of drug-likeness (QED) is 0.642. The van der Waals surface area contributed by atoms with Crippen molar-refractivity contribution in [3.8, 4) is 16.9 Å². The first-order valence-corrected chi connectivity index (χ1v) is 10.2. The van der Waals surface area contributed by atoms with Gasteiger partial charge >= 0.3 is 0 Å². The van der Waals surface area contributed by atoms with Crippen molar-refractivity contribution in [3.05, 3.63) is 53.1 Å². The molecule has 0 radical (unpaired) electrons. The lowest BCUT2D eigenvalue weighted by atomic mass is 9.66. The lowest BCUT2D eigenvalue weighted by Crippen LogP contribution is -2.29. The van der Waals surface area contributed by atoms with Crippen LogP contribution in [-0.2, 0) is 0 Å². The van der Waals surface area contributed by atoms with E-state index in [1.807, 2.05) is 42.5 Å². The van der Waals surface area contributed by atoms with Gasteiger partial charge in [-0.3, -0.25) is 0 Å². The van der Waals surface area contributed by atoms with Crippen LogP contribution in [0.1, 0.15) is 50.0 Å². The maximum absolute atomic E-state index is 11.1. The lowest BCUT2D eigenvalue weighted by molar-refractivity contribution is 0.141. The van der Waals surface area contributed by atoms with Crippen LogP contribution < -0.4 is 0 Å². The molecule has 2 heteroatoms. The minimum absolute atomic E-state index is 0.459. The van der Waals surface area contributed by atoms with Crippen molar-refractivity contribution in [1.82, 2.24) is 0 Å². The van der Waals surface area contributed by atoms with Crippen LogP contribution in [0, 0.1) is 23.7 Å². The number of fused-ring (bicyclic) bond motifs is 5. The zero-order valence-electron chi connectivity index (χ0n) is 14.5. The third-order valence-corrected chi connectivity index (χ3v) is 7.49. The molecular formula is C23H25ClO. The molecule has 25 heavy (non-hydrogen) atoms. The summed E-state index contributed by atoms with van der Waals surface area (Å²) in [5.41, 5.74) is 3.02. The molecule has 5 unspecified atom stereocenters. The number of hydrogen-bond acceptors (Lipinski definition) is 1. The van der Waals surface area contributed by atoms with Crippen LogP contribution in [0.5, 0.6) is 5.75 Å². The maximum Gasteiger partial charge on any atom is 0.126 e. The summed E-state index contributed by atoms with van der Waals surface area (Å²) in [5.74, 6) is 4.43. The van der Waals surface area contributed by atoms with Gasteiger partial charge in [0.15, 0.2) is 0 Å². The molecule has 5 atom stereocenters. The minimum atomic E-state index is 0.459. The summed E-state index contributed by atoms with van der Waals surface area (Å²) < 4.78 is 0. The highest BCUT2D eigenvalue weighted by atomic mass is 35.5. The predicted octanol–water partition coefficient (Wildman–Crippen LogP) is 6.64. The third kappa shape index (κ3) is 2.51. The molecule has 3 saturated carbocycles. The average molecular weight is 353 g/mol. The van der Waals surface area contributed by atoms with E-state index in [-0.39, 0.29) is 0 Å². The second kappa shape index (κ2) is 6.06. The van der Waals surface area contributed by atoms with Crippen molar-refractivity contribution < 1.29 is 5.11 Å². The van der Waals surface area contributed by atoms with Gasteiger partial charge < -0.3 is 5.11 Å². The van der Waals surface area contributed by atoms with Gasteiger partial charge in [0.05, 0.1) is 0 Å². The van der Waals surface area contributed by atoms with Gasteiger partial charge in [-0.05, 0) is 78.5 Å². The Balaban J connectivity index is 1.54. The number of rotatable bonds is 2. The van der Waals surface area contributed by atoms with Gasteiger partial charge in [-0.2, -0.15) is 0 Å². The normalized spacial score (nSPS) is 33.4. The topological polar surface area (TPSA) is 20.2 Å². The van der Waals surface area contributed by atoms with Crippen molar-refractivity contribution in [2.24, 2.45) is 23.7 Å². The predicted molar refractivity (Wildman–Crippen MR) is 103 cm³/mol. The van der Waals surface area contributed by atoms with Crippen molar-refractivity contribution in [2.45, 2.75) is 44.4 Å². The fraction of sp³-hybridized carbons (Fsp3) is 0.478. The van der Waals surface area contributed by atoms with Crippen molar-refractivity contribution in [1.29, 1.82) is 0 Å². The van der Waals surface area contributed by atoms with Crippen molar-refractivity contribution in [2.75, 3.05) is 0 Å². The number of benzene rings is 2. The third-order valence-electron chi connectivity index (χ3n) is 7.27. The Morgan fingerprint density at radius 3 is 2.44 bits per heavy atom. The van der Waals surface area contributed by atoms with E-state index in [9.17, 15) is 5.11 Å². The van der Waals surface area contributed by atoms with Crippen LogP contribution in [0.25, 0.3) is 11.1 Å². The van der Waals surface area contributed by atoms with Gasteiger partial charge in [-0.15, -0.1) is 0 Å². The van der Waals surface area contributed by atoms with Crippen molar-refractivity contribution >= 4 is 11.6 Å². The molecule has 3 fully saturated rings. The number of phenolic OH excluding ortho intramolecular Hbond substituents is 1. The number of phenols is 1. The summed E-state index contributed by atoms with van der Waals surface area (Å²) in [4.78, 5) is 0. The summed E-state index contributed by atoms with van der Waals surface area (Å²) in [6.45, 7) is 0. The highest BCUT2D eigenvalue weighted by Gasteiger charge is 2.53. The van der Waals surface area contributed by atoms with E-state index < -0.39 is 0 Å². The van der Waals surface area contributed by atoms with Crippen LogP contribution in [0.15, 0.2) is 42.5 Å². The van der Waals surface area contributed by atoms with E-state index in [2.05, 4.69) is 0 Å². The highest BCUT2D eigenvalue weighted by Crippen LogP contribution is 2.63. The molecule has 0 saturated heterocycles. The molecule has 0 spiro atoms. The molecule has 3 aliphatic carbocycles. The summed E-state index contributed by atoms with van der Waals surface area (Å²) in [6.07, 6.45) is 8.27. The van der Waals surface area contributed by atoms with Gasteiger partial charge in [0, 0.05) is 10.6 Å². The fourth-order valence-corrected chi connectivity index (χ4v) is 6.56. The van der Waals surface area contributed by atoms with Gasteiger partial charge in [0.25, 0.3) is 0 Å². The van der Waals surface area contributed by atoms with E-state index in [0.29, 0.717) is 11.7 Å². The summed E-state index contributed by atoms with van der Waals surface area (Å²) >= 11 is 6.48. The summed E-state index contributed by atoms with van der Waals surface area (Å²) in [7, 11) is 0. The van der Waals surface area contributed by atoms with Crippen LogP contribution in [0.2, 0.25) is 5.02 Å². The number of halogens is 1. The molecule has 2 aromatic carbocycles. The number of aromatic hydroxyl groups is 1. The van der Waals surface area contributed by atoms with Crippen LogP contribution in [-0.4, -0.2) is 5.11 Å². The van der Waals surface area contributed by atoms with Crippen LogP contribution in [0.3, 0.4) is 0 Å². The monoisotopic (exact) mass is 352 g/mol. The Morgan fingerprint density at radius 2 is 1.64 bits per heavy atom. The van der Waals surface area contributed by atoms with Crippen LogP contribution >= 0.6 is 11.6 Å². The van der Waals surface area contributed by atoms with Gasteiger partial charge in [-0.1, -0.05) is 54.8 Å². The Kier molecular flexibility index (Phi) is 3.82. The second-order valence-electron chi connectivity index (χ2n) is 8.37. The molecular weight excluding hydrogens is 328 g/mol. The first-order chi connectivity index (χ1) is 12.2. The van der Waals surface area contributed by atoms with Crippen molar-refractivity contribution in [3.63, 3.8) is 0 Å². The standard InChI is InChI=1S/C23H25ClO/c24-16-12-19(14-6-2-1-3-7-14)23(25)22(13-16)21-11-15-10-20(21)18-9-5-4-8-17(15)18/h1-3,6-7,12-13,15,17-18,20-21,25H,4-5,8-11H2. The molecule has 130 valence electrons. The SMILES string of the molecule is Oc1c(-c2ccccc2)cc(Cl)cc1C1CC2CC1C1CCCCC21. The Hall–Kier alpha value is -1.47.